The summed E-state index contributed by atoms with van der Waals surface area (Å²) < 4.78 is 7.33. The first kappa shape index (κ1) is 23.7. The number of carbonyl (C=O) groups is 3. The van der Waals surface area contributed by atoms with Crippen molar-refractivity contribution in [2.75, 3.05) is 31.2 Å². The lowest BCUT2D eigenvalue weighted by Crippen LogP contribution is -2.42. The van der Waals surface area contributed by atoms with Gasteiger partial charge < -0.3 is 14.2 Å². The summed E-state index contributed by atoms with van der Waals surface area (Å²) >= 11 is 6.97. The summed E-state index contributed by atoms with van der Waals surface area (Å²) in [6.07, 6.45) is 4.44. The Labute approximate surface area is 212 Å². The number of aryl methyl sites for hydroxylation is 1. The first-order chi connectivity index (χ1) is 17.0. The number of thioether (sulfide) groups is 1. The molecule has 1 aromatic heterocycles. The van der Waals surface area contributed by atoms with Gasteiger partial charge in [-0.1, -0.05) is 42.8 Å². The van der Waals surface area contributed by atoms with Crippen LogP contribution in [-0.4, -0.2) is 52.8 Å². The van der Waals surface area contributed by atoms with Crippen LogP contribution in [0.1, 0.15) is 18.1 Å². The predicted octanol–water partition coefficient (Wildman–Crippen LogP) is 4.96. The fourth-order valence-corrected chi connectivity index (χ4v) is 5.51. The number of rotatable bonds is 5. The molecular weight excluding hydrogens is 486 g/mol. The van der Waals surface area contributed by atoms with Gasteiger partial charge in [-0.05, 0) is 48.0 Å². The zero-order valence-corrected chi connectivity index (χ0v) is 20.8. The monoisotopic (exact) mass is 509 g/mol. The van der Waals surface area contributed by atoms with E-state index in [1.54, 1.807) is 30.3 Å². The number of hydrogen-bond donors (Lipinski definition) is 0. The predicted molar refractivity (Wildman–Crippen MR) is 139 cm³/mol. The highest BCUT2D eigenvalue weighted by molar-refractivity contribution is 8.19. The zero-order chi connectivity index (χ0) is 24.5. The third kappa shape index (κ3) is 4.61. The van der Waals surface area contributed by atoms with Gasteiger partial charge in [-0.15, -0.1) is 0 Å². The number of morpholine rings is 1. The van der Waals surface area contributed by atoms with Crippen molar-refractivity contribution >= 4 is 63.1 Å². The van der Waals surface area contributed by atoms with E-state index in [2.05, 4.69) is 13.0 Å². The first-order valence-corrected chi connectivity index (χ1v) is 12.7. The van der Waals surface area contributed by atoms with Crippen LogP contribution in [0, 0.1) is 0 Å². The third-order valence-electron chi connectivity index (χ3n) is 6.21. The molecule has 9 heteroatoms. The number of imide groups is 1. The maximum atomic E-state index is 13.2. The molecular formula is C26H24ClN3O4S. The summed E-state index contributed by atoms with van der Waals surface area (Å²) in [5.74, 6) is -0.358. The number of ether oxygens (including phenoxy) is 1. The van der Waals surface area contributed by atoms with Crippen molar-refractivity contribution in [3.05, 3.63) is 69.7 Å². The van der Waals surface area contributed by atoms with Crippen LogP contribution in [0.15, 0.2) is 53.6 Å². The molecule has 0 N–H and O–H groups in total. The first-order valence-electron chi connectivity index (χ1n) is 11.5. The molecule has 0 spiro atoms. The van der Waals surface area contributed by atoms with Crippen LogP contribution in [0.25, 0.3) is 17.0 Å². The molecule has 7 nitrogen and oxygen atoms in total. The van der Waals surface area contributed by atoms with Gasteiger partial charge in [0.2, 0.25) is 5.91 Å². The van der Waals surface area contributed by atoms with E-state index >= 15 is 0 Å². The molecule has 2 aliphatic heterocycles. The molecule has 3 amide bonds. The van der Waals surface area contributed by atoms with E-state index in [0.717, 1.165) is 45.1 Å². The van der Waals surface area contributed by atoms with E-state index in [-0.39, 0.29) is 23.6 Å². The lowest BCUT2D eigenvalue weighted by atomic mass is 10.1. The minimum atomic E-state index is -0.390. The molecule has 0 radical (unpaired) electrons. The van der Waals surface area contributed by atoms with Crippen molar-refractivity contribution in [1.29, 1.82) is 0 Å². The largest absolute Gasteiger partial charge is 0.378 e. The van der Waals surface area contributed by atoms with Gasteiger partial charge in [0.25, 0.3) is 11.1 Å². The molecule has 3 heterocycles. The van der Waals surface area contributed by atoms with Gasteiger partial charge in [0, 0.05) is 35.3 Å². The Hall–Kier alpha value is -3.07. The standard InChI is InChI=1S/C26H24ClN3O4S/c1-2-17-5-3-8-21-18(15-29(24(17)21)16-23(31)28-9-11-34-12-10-28)13-22-25(32)30(26(33)35-22)20-7-4-6-19(27)14-20/h3-8,13-15H,2,9-12,16H2,1H3/b22-13-. The second-order valence-electron chi connectivity index (χ2n) is 8.37. The number of carbonyl (C=O) groups excluding carboxylic acids is 3. The van der Waals surface area contributed by atoms with Crippen molar-refractivity contribution in [2.45, 2.75) is 19.9 Å². The number of halogens is 1. The van der Waals surface area contributed by atoms with Gasteiger partial charge in [0.05, 0.1) is 29.3 Å². The van der Waals surface area contributed by atoms with Gasteiger partial charge >= 0.3 is 0 Å². The second kappa shape index (κ2) is 9.89. The highest BCUT2D eigenvalue weighted by atomic mass is 35.5. The number of aromatic nitrogens is 1. The summed E-state index contributed by atoms with van der Waals surface area (Å²) in [6.45, 7) is 4.54. The average Bonchev–Trinajstić information content (AvgIpc) is 3.35. The van der Waals surface area contributed by atoms with Crippen LogP contribution < -0.4 is 4.90 Å². The van der Waals surface area contributed by atoms with E-state index in [1.807, 2.05) is 27.8 Å². The molecule has 0 aliphatic carbocycles. The molecule has 0 atom stereocenters. The molecule has 180 valence electrons. The smallest absolute Gasteiger partial charge is 0.298 e. The normalized spacial score (nSPS) is 17.7. The van der Waals surface area contributed by atoms with Crippen molar-refractivity contribution in [2.24, 2.45) is 0 Å². The summed E-state index contributed by atoms with van der Waals surface area (Å²) in [5.41, 5.74) is 3.32. The van der Waals surface area contributed by atoms with E-state index in [1.165, 1.54) is 0 Å². The number of amides is 3. The molecule has 5 rings (SSSR count). The highest BCUT2D eigenvalue weighted by Gasteiger charge is 2.36. The van der Waals surface area contributed by atoms with E-state index in [9.17, 15) is 14.4 Å². The van der Waals surface area contributed by atoms with E-state index in [0.29, 0.717) is 41.9 Å². The fourth-order valence-electron chi connectivity index (χ4n) is 4.50. The third-order valence-corrected chi connectivity index (χ3v) is 7.31. The lowest BCUT2D eigenvalue weighted by molar-refractivity contribution is -0.135. The van der Waals surface area contributed by atoms with Crippen LogP contribution in [0.5, 0.6) is 0 Å². The summed E-state index contributed by atoms with van der Waals surface area (Å²) in [5, 5.41) is 1.02. The Balaban J connectivity index is 1.51. The number of anilines is 1. The van der Waals surface area contributed by atoms with Gasteiger partial charge in [-0.3, -0.25) is 14.4 Å². The van der Waals surface area contributed by atoms with E-state index < -0.39 is 0 Å². The maximum Gasteiger partial charge on any atom is 0.298 e. The Bertz CT molecular complexity index is 1360. The van der Waals surface area contributed by atoms with Crippen LogP contribution in [0.4, 0.5) is 10.5 Å². The number of fused-ring (bicyclic) bond motifs is 1. The van der Waals surface area contributed by atoms with Gasteiger partial charge in [-0.25, -0.2) is 4.90 Å². The fraction of sp³-hybridized carbons (Fsp3) is 0.269. The maximum absolute atomic E-state index is 13.2. The van der Waals surface area contributed by atoms with Crippen molar-refractivity contribution in [3.8, 4) is 0 Å². The number of nitrogens with zero attached hydrogens (tertiary/aromatic N) is 3. The Kier molecular flexibility index (Phi) is 6.69. The number of para-hydroxylation sites is 1. The van der Waals surface area contributed by atoms with Crippen molar-refractivity contribution in [1.82, 2.24) is 9.47 Å². The van der Waals surface area contributed by atoms with Gasteiger partial charge in [-0.2, -0.15) is 0 Å². The van der Waals surface area contributed by atoms with Crippen molar-refractivity contribution in [3.63, 3.8) is 0 Å². The van der Waals surface area contributed by atoms with Crippen LogP contribution in [-0.2, 0) is 27.3 Å². The molecule has 0 unspecified atom stereocenters. The summed E-state index contributed by atoms with van der Waals surface area (Å²) in [6, 6.07) is 12.7. The topological polar surface area (TPSA) is 71.9 Å². The Morgan fingerprint density at radius 1 is 1.14 bits per heavy atom. The molecule has 35 heavy (non-hydrogen) atoms. The SMILES string of the molecule is CCc1cccc2c(/C=C3\SC(=O)N(c4cccc(Cl)c4)C3=O)cn(CC(=O)N3CCOCC3)c12. The van der Waals surface area contributed by atoms with Crippen LogP contribution in [0.2, 0.25) is 5.02 Å². The second-order valence-corrected chi connectivity index (χ2v) is 9.80. The minimum absolute atomic E-state index is 0.0314. The van der Waals surface area contributed by atoms with Crippen molar-refractivity contribution < 1.29 is 19.1 Å². The van der Waals surface area contributed by atoms with Crippen LogP contribution in [0.3, 0.4) is 0 Å². The molecule has 0 saturated carbocycles. The number of hydrogen-bond acceptors (Lipinski definition) is 5. The molecule has 0 bridgehead atoms. The highest BCUT2D eigenvalue weighted by Crippen LogP contribution is 2.38. The summed E-state index contributed by atoms with van der Waals surface area (Å²) in [4.78, 5) is 42.2. The van der Waals surface area contributed by atoms with Gasteiger partial charge in [0.1, 0.15) is 6.54 Å². The number of benzene rings is 2. The van der Waals surface area contributed by atoms with Gasteiger partial charge in [0.15, 0.2) is 0 Å². The molecule has 2 saturated heterocycles. The molecule has 2 aliphatic rings. The lowest BCUT2D eigenvalue weighted by Gasteiger charge is -2.27. The minimum Gasteiger partial charge on any atom is -0.378 e. The average molecular weight is 510 g/mol. The molecule has 2 fully saturated rings. The van der Waals surface area contributed by atoms with Crippen LogP contribution >= 0.6 is 23.4 Å². The Morgan fingerprint density at radius 2 is 1.91 bits per heavy atom. The Morgan fingerprint density at radius 3 is 2.66 bits per heavy atom. The molecule has 2 aromatic carbocycles. The quantitative estimate of drug-likeness (QED) is 0.455. The zero-order valence-electron chi connectivity index (χ0n) is 19.2. The summed E-state index contributed by atoms with van der Waals surface area (Å²) in [7, 11) is 0. The van der Waals surface area contributed by atoms with E-state index in [4.69, 9.17) is 16.3 Å². The molecule has 3 aromatic rings.